The van der Waals surface area contributed by atoms with E-state index in [2.05, 4.69) is 26.0 Å². The molecule has 1 N–H and O–H groups in total. The minimum Gasteiger partial charge on any atom is -0.395 e. The van der Waals surface area contributed by atoms with Gasteiger partial charge in [0.05, 0.1) is 6.61 Å². The second kappa shape index (κ2) is 2.75. The zero-order valence-corrected chi connectivity index (χ0v) is 6.80. The van der Waals surface area contributed by atoms with Crippen LogP contribution in [0.2, 0.25) is 0 Å². The number of rotatable bonds is 1. The Morgan fingerprint density at radius 1 is 1.70 bits per heavy atom. The van der Waals surface area contributed by atoms with Crippen molar-refractivity contribution >= 4 is 0 Å². The van der Waals surface area contributed by atoms with Crippen LogP contribution >= 0.6 is 0 Å². The average molecular weight is 140 g/mol. The molecule has 0 aromatic carbocycles. The van der Waals surface area contributed by atoms with Crippen LogP contribution in [0.5, 0.6) is 0 Å². The lowest BCUT2D eigenvalue weighted by molar-refractivity contribution is 0.163. The standard InChI is InChI=1S/C9H16O/c1-8-3-5-9(2,7-10)6-4-8/h3,5,8,10H,4,6-7H2,1-2H3. The molecule has 1 rings (SSSR count). The summed E-state index contributed by atoms with van der Waals surface area (Å²) < 4.78 is 0. The van der Waals surface area contributed by atoms with Crippen LogP contribution in [0, 0.1) is 11.3 Å². The van der Waals surface area contributed by atoms with E-state index in [4.69, 9.17) is 5.11 Å². The molecule has 0 bridgehead atoms. The third kappa shape index (κ3) is 1.60. The van der Waals surface area contributed by atoms with E-state index in [1.807, 2.05) is 0 Å². The molecule has 1 nitrogen and oxygen atoms in total. The van der Waals surface area contributed by atoms with E-state index in [-0.39, 0.29) is 12.0 Å². The fourth-order valence-electron chi connectivity index (χ4n) is 1.27. The number of hydrogen-bond acceptors (Lipinski definition) is 1. The Morgan fingerprint density at radius 2 is 2.40 bits per heavy atom. The highest BCUT2D eigenvalue weighted by atomic mass is 16.3. The predicted octanol–water partition coefficient (Wildman–Crippen LogP) is 1.97. The first-order valence-electron chi connectivity index (χ1n) is 3.96. The Balaban J connectivity index is 2.59. The smallest absolute Gasteiger partial charge is 0.0519 e. The molecule has 0 saturated heterocycles. The lowest BCUT2D eigenvalue weighted by atomic mass is 9.78. The fraction of sp³-hybridized carbons (Fsp3) is 0.778. The molecule has 0 radical (unpaired) electrons. The fourth-order valence-corrected chi connectivity index (χ4v) is 1.27. The highest BCUT2D eigenvalue weighted by Gasteiger charge is 2.23. The van der Waals surface area contributed by atoms with Crippen molar-refractivity contribution in [3.63, 3.8) is 0 Å². The van der Waals surface area contributed by atoms with Gasteiger partial charge in [0, 0.05) is 5.41 Å². The van der Waals surface area contributed by atoms with Crippen molar-refractivity contribution in [2.45, 2.75) is 26.7 Å². The highest BCUT2D eigenvalue weighted by Crippen LogP contribution is 2.31. The second-order valence-electron chi connectivity index (χ2n) is 3.69. The molecule has 1 aliphatic carbocycles. The first kappa shape index (κ1) is 7.80. The van der Waals surface area contributed by atoms with Gasteiger partial charge in [0.1, 0.15) is 0 Å². The minimum absolute atomic E-state index is 0.0759. The largest absolute Gasteiger partial charge is 0.395 e. The number of allylic oxidation sites excluding steroid dienone is 1. The molecule has 1 aliphatic rings. The highest BCUT2D eigenvalue weighted by molar-refractivity contribution is 5.03. The van der Waals surface area contributed by atoms with Crippen molar-refractivity contribution in [2.24, 2.45) is 11.3 Å². The van der Waals surface area contributed by atoms with E-state index in [1.165, 1.54) is 6.42 Å². The van der Waals surface area contributed by atoms with Crippen molar-refractivity contribution in [1.29, 1.82) is 0 Å². The third-order valence-electron chi connectivity index (χ3n) is 2.36. The maximum absolute atomic E-state index is 8.99. The van der Waals surface area contributed by atoms with Crippen LogP contribution in [0.15, 0.2) is 12.2 Å². The van der Waals surface area contributed by atoms with Gasteiger partial charge < -0.3 is 5.11 Å². The van der Waals surface area contributed by atoms with E-state index in [0.29, 0.717) is 5.92 Å². The lowest BCUT2D eigenvalue weighted by Crippen LogP contribution is -2.22. The van der Waals surface area contributed by atoms with Gasteiger partial charge in [-0.25, -0.2) is 0 Å². The van der Waals surface area contributed by atoms with Gasteiger partial charge in [-0.1, -0.05) is 26.0 Å². The van der Waals surface area contributed by atoms with Gasteiger partial charge in [0.2, 0.25) is 0 Å². The van der Waals surface area contributed by atoms with Crippen LogP contribution in [0.3, 0.4) is 0 Å². The summed E-state index contributed by atoms with van der Waals surface area (Å²) in [6, 6.07) is 0. The number of hydrogen-bond donors (Lipinski definition) is 1. The summed E-state index contributed by atoms with van der Waals surface area (Å²) in [4.78, 5) is 0. The molecule has 10 heavy (non-hydrogen) atoms. The van der Waals surface area contributed by atoms with Crippen LogP contribution in [-0.4, -0.2) is 11.7 Å². The maximum atomic E-state index is 8.99. The molecule has 2 atom stereocenters. The van der Waals surface area contributed by atoms with Crippen molar-refractivity contribution in [2.75, 3.05) is 6.61 Å². The second-order valence-corrected chi connectivity index (χ2v) is 3.69. The molecule has 0 aromatic rings. The SMILES string of the molecule is CC1C=CC(C)(CO)CC1. The molecule has 0 aliphatic heterocycles. The summed E-state index contributed by atoms with van der Waals surface area (Å²) in [5.41, 5.74) is 0.0759. The first-order chi connectivity index (χ1) is 4.66. The van der Waals surface area contributed by atoms with E-state index < -0.39 is 0 Å². The topological polar surface area (TPSA) is 20.2 Å². The molecule has 58 valence electrons. The third-order valence-corrected chi connectivity index (χ3v) is 2.36. The van der Waals surface area contributed by atoms with Crippen LogP contribution in [0.1, 0.15) is 26.7 Å². The van der Waals surface area contributed by atoms with Crippen molar-refractivity contribution in [1.82, 2.24) is 0 Å². The Morgan fingerprint density at radius 3 is 2.80 bits per heavy atom. The summed E-state index contributed by atoms with van der Waals surface area (Å²) in [6.07, 6.45) is 6.70. The summed E-state index contributed by atoms with van der Waals surface area (Å²) in [5.74, 6) is 0.708. The molecule has 1 heteroatoms. The van der Waals surface area contributed by atoms with Gasteiger partial charge in [0.25, 0.3) is 0 Å². The first-order valence-corrected chi connectivity index (χ1v) is 3.96. The van der Waals surface area contributed by atoms with E-state index in [9.17, 15) is 0 Å². The number of aliphatic hydroxyl groups is 1. The molecular formula is C9H16O. The van der Waals surface area contributed by atoms with Crippen molar-refractivity contribution in [3.05, 3.63) is 12.2 Å². The molecule has 0 heterocycles. The van der Waals surface area contributed by atoms with Gasteiger partial charge in [-0.15, -0.1) is 0 Å². The quantitative estimate of drug-likeness (QED) is 0.552. The van der Waals surface area contributed by atoms with Gasteiger partial charge >= 0.3 is 0 Å². The molecular weight excluding hydrogens is 124 g/mol. The van der Waals surface area contributed by atoms with Crippen molar-refractivity contribution in [3.8, 4) is 0 Å². The van der Waals surface area contributed by atoms with Crippen LogP contribution in [0.25, 0.3) is 0 Å². The Hall–Kier alpha value is -0.300. The molecule has 0 spiro atoms. The van der Waals surface area contributed by atoms with Crippen molar-refractivity contribution < 1.29 is 5.11 Å². The van der Waals surface area contributed by atoms with Gasteiger partial charge in [-0.3, -0.25) is 0 Å². The van der Waals surface area contributed by atoms with Crippen LogP contribution in [0.4, 0.5) is 0 Å². The van der Waals surface area contributed by atoms with Gasteiger partial charge in [-0.2, -0.15) is 0 Å². The molecule has 0 saturated carbocycles. The van der Waals surface area contributed by atoms with Gasteiger partial charge in [-0.05, 0) is 18.8 Å². The molecule has 0 amide bonds. The number of aliphatic hydroxyl groups excluding tert-OH is 1. The predicted molar refractivity (Wildman–Crippen MR) is 42.7 cm³/mol. The van der Waals surface area contributed by atoms with Crippen LogP contribution in [-0.2, 0) is 0 Å². The maximum Gasteiger partial charge on any atom is 0.0519 e. The lowest BCUT2D eigenvalue weighted by Gasteiger charge is -2.28. The van der Waals surface area contributed by atoms with E-state index >= 15 is 0 Å². The molecule has 0 fully saturated rings. The zero-order valence-electron chi connectivity index (χ0n) is 6.80. The summed E-state index contributed by atoms with van der Waals surface area (Å²) >= 11 is 0. The average Bonchev–Trinajstić information content (AvgIpc) is 1.96. The van der Waals surface area contributed by atoms with E-state index in [1.54, 1.807) is 0 Å². The zero-order chi connectivity index (χ0) is 7.61. The molecule has 0 aromatic heterocycles. The summed E-state index contributed by atoms with van der Waals surface area (Å²) in [7, 11) is 0. The monoisotopic (exact) mass is 140 g/mol. The minimum atomic E-state index is 0.0759. The summed E-state index contributed by atoms with van der Waals surface area (Å²) in [5, 5.41) is 8.99. The van der Waals surface area contributed by atoms with Gasteiger partial charge in [0.15, 0.2) is 0 Å². The Bertz CT molecular complexity index is 140. The Labute approximate surface area is 62.8 Å². The van der Waals surface area contributed by atoms with Crippen LogP contribution < -0.4 is 0 Å². The van der Waals surface area contributed by atoms with E-state index in [0.717, 1.165) is 6.42 Å². The molecule has 2 unspecified atom stereocenters. The Kier molecular flexibility index (Phi) is 2.14. The normalized spacial score (nSPS) is 40.1. The summed E-state index contributed by atoms with van der Waals surface area (Å²) in [6.45, 7) is 4.61.